The minimum Gasteiger partial charge on any atom is -0.363 e. The minimum absolute atomic E-state index is 0.193. The summed E-state index contributed by atoms with van der Waals surface area (Å²) in [6, 6.07) is 5.91. The zero-order chi connectivity index (χ0) is 12.3. The van der Waals surface area contributed by atoms with Crippen LogP contribution in [0.1, 0.15) is 18.1 Å². The van der Waals surface area contributed by atoms with Gasteiger partial charge in [0.1, 0.15) is 6.04 Å². The van der Waals surface area contributed by atoms with Gasteiger partial charge in [0.25, 0.3) is 5.91 Å². The number of benzene rings is 1. The van der Waals surface area contributed by atoms with Gasteiger partial charge in [0.15, 0.2) is 0 Å². The second-order valence-electron chi connectivity index (χ2n) is 4.14. The van der Waals surface area contributed by atoms with E-state index >= 15 is 0 Å². The van der Waals surface area contributed by atoms with E-state index in [4.69, 9.17) is 5.84 Å². The van der Waals surface area contributed by atoms with Crippen LogP contribution in [-0.4, -0.2) is 19.0 Å². The molecule has 16 heavy (non-hydrogen) atoms. The fourth-order valence-corrected chi connectivity index (χ4v) is 1.67. The second kappa shape index (κ2) is 4.99. The van der Waals surface area contributed by atoms with Crippen molar-refractivity contribution in [3.8, 4) is 0 Å². The predicted octanol–water partition coefficient (Wildman–Crippen LogP) is 1.12. The molecule has 3 N–H and O–H groups in total. The molecule has 0 aliphatic rings. The summed E-state index contributed by atoms with van der Waals surface area (Å²) < 4.78 is 0. The summed E-state index contributed by atoms with van der Waals surface area (Å²) in [5.41, 5.74) is 5.55. The molecule has 0 fully saturated rings. The van der Waals surface area contributed by atoms with Crippen LogP contribution in [0.2, 0.25) is 0 Å². The number of amides is 1. The van der Waals surface area contributed by atoms with Gasteiger partial charge in [0.2, 0.25) is 0 Å². The Balaban J connectivity index is 2.95. The number of hydrazine groups is 1. The van der Waals surface area contributed by atoms with Crippen molar-refractivity contribution in [2.75, 3.05) is 11.9 Å². The SMILES string of the molecule is Cc1cc(C)cc(N(C)C(C)C(=O)NN)c1. The van der Waals surface area contributed by atoms with Gasteiger partial charge >= 0.3 is 0 Å². The van der Waals surface area contributed by atoms with Gasteiger partial charge in [0, 0.05) is 12.7 Å². The molecule has 88 valence electrons. The molecule has 0 saturated heterocycles. The van der Waals surface area contributed by atoms with Crippen LogP contribution < -0.4 is 16.2 Å². The molecule has 1 atom stereocenters. The molecule has 1 aromatic rings. The molecule has 0 spiro atoms. The highest BCUT2D eigenvalue weighted by Crippen LogP contribution is 2.19. The summed E-state index contributed by atoms with van der Waals surface area (Å²) in [4.78, 5) is 13.3. The van der Waals surface area contributed by atoms with E-state index in [9.17, 15) is 4.79 Å². The first-order chi connectivity index (χ1) is 7.45. The Morgan fingerprint density at radius 3 is 2.25 bits per heavy atom. The quantitative estimate of drug-likeness (QED) is 0.457. The fraction of sp³-hybridized carbons (Fsp3) is 0.417. The Bertz CT molecular complexity index is 370. The molecule has 0 aliphatic carbocycles. The normalized spacial score (nSPS) is 12.1. The van der Waals surface area contributed by atoms with Crippen molar-refractivity contribution in [1.82, 2.24) is 5.43 Å². The fourth-order valence-electron chi connectivity index (χ4n) is 1.67. The van der Waals surface area contributed by atoms with E-state index in [1.54, 1.807) is 0 Å². The molecule has 4 nitrogen and oxygen atoms in total. The van der Waals surface area contributed by atoms with Gasteiger partial charge < -0.3 is 4.90 Å². The zero-order valence-electron chi connectivity index (χ0n) is 10.2. The third-order valence-electron chi connectivity index (χ3n) is 2.72. The topological polar surface area (TPSA) is 58.4 Å². The number of aryl methyl sites for hydroxylation is 2. The lowest BCUT2D eigenvalue weighted by Crippen LogP contribution is -2.46. The molecule has 1 rings (SSSR count). The van der Waals surface area contributed by atoms with E-state index in [1.165, 1.54) is 11.1 Å². The number of rotatable bonds is 3. The molecule has 0 heterocycles. The maximum absolute atomic E-state index is 11.4. The minimum atomic E-state index is -0.286. The average molecular weight is 221 g/mol. The van der Waals surface area contributed by atoms with Gasteiger partial charge in [0.05, 0.1) is 0 Å². The summed E-state index contributed by atoms with van der Waals surface area (Å²) in [7, 11) is 1.88. The number of hydrogen-bond donors (Lipinski definition) is 2. The van der Waals surface area contributed by atoms with Crippen LogP contribution in [-0.2, 0) is 4.79 Å². The number of nitrogens with one attached hydrogen (secondary N) is 1. The van der Waals surface area contributed by atoms with Crippen molar-refractivity contribution in [3.63, 3.8) is 0 Å². The summed E-state index contributed by atoms with van der Waals surface area (Å²) >= 11 is 0. The number of carbonyl (C=O) groups is 1. The Kier molecular flexibility index (Phi) is 3.90. The van der Waals surface area contributed by atoms with Gasteiger partial charge in [-0.1, -0.05) is 6.07 Å². The second-order valence-corrected chi connectivity index (χ2v) is 4.14. The van der Waals surface area contributed by atoms with E-state index in [-0.39, 0.29) is 11.9 Å². The number of nitrogens with zero attached hydrogens (tertiary/aromatic N) is 1. The highest BCUT2D eigenvalue weighted by atomic mass is 16.2. The standard InChI is InChI=1S/C12H19N3O/c1-8-5-9(2)7-11(6-8)15(4)10(3)12(16)14-13/h5-7,10H,13H2,1-4H3,(H,14,16). The molecule has 1 unspecified atom stereocenters. The first-order valence-electron chi connectivity index (χ1n) is 5.27. The van der Waals surface area contributed by atoms with Crippen LogP contribution >= 0.6 is 0 Å². The third-order valence-corrected chi connectivity index (χ3v) is 2.72. The van der Waals surface area contributed by atoms with E-state index in [0.29, 0.717) is 0 Å². The zero-order valence-corrected chi connectivity index (χ0v) is 10.2. The number of hydrogen-bond acceptors (Lipinski definition) is 3. The number of nitrogens with two attached hydrogens (primary N) is 1. The van der Waals surface area contributed by atoms with Crippen molar-refractivity contribution >= 4 is 11.6 Å². The Morgan fingerprint density at radius 1 is 1.31 bits per heavy atom. The molecule has 0 saturated carbocycles. The van der Waals surface area contributed by atoms with Gasteiger partial charge in [-0.05, 0) is 44.0 Å². The maximum atomic E-state index is 11.4. The van der Waals surface area contributed by atoms with Crippen LogP contribution in [0.15, 0.2) is 18.2 Å². The van der Waals surface area contributed by atoms with E-state index < -0.39 is 0 Å². The van der Waals surface area contributed by atoms with Gasteiger partial charge in [-0.25, -0.2) is 5.84 Å². The highest BCUT2D eigenvalue weighted by molar-refractivity contribution is 5.84. The van der Waals surface area contributed by atoms with E-state index in [1.807, 2.05) is 44.9 Å². The Labute approximate surface area is 96.4 Å². The lowest BCUT2D eigenvalue weighted by molar-refractivity contribution is -0.122. The molecule has 0 aromatic heterocycles. The third kappa shape index (κ3) is 2.73. The summed E-state index contributed by atoms with van der Waals surface area (Å²) in [5, 5.41) is 0. The van der Waals surface area contributed by atoms with Crippen molar-refractivity contribution in [2.45, 2.75) is 26.8 Å². The monoisotopic (exact) mass is 221 g/mol. The van der Waals surface area contributed by atoms with Gasteiger partial charge in [-0.2, -0.15) is 0 Å². The largest absolute Gasteiger partial charge is 0.363 e. The lowest BCUT2D eigenvalue weighted by atomic mass is 10.1. The summed E-state index contributed by atoms with van der Waals surface area (Å²) in [5.74, 6) is 4.93. The van der Waals surface area contributed by atoms with Crippen molar-refractivity contribution in [3.05, 3.63) is 29.3 Å². The van der Waals surface area contributed by atoms with E-state index in [2.05, 4.69) is 11.5 Å². The molecule has 1 amide bonds. The van der Waals surface area contributed by atoms with E-state index in [0.717, 1.165) is 5.69 Å². The van der Waals surface area contributed by atoms with Gasteiger partial charge in [-0.3, -0.25) is 10.2 Å². The van der Waals surface area contributed by atoms with Crippen molar-refractivity contribution in [2.24, 2.45) is 5.84 Å². The predicted molar refractivity (Wildman–Crippen MR) is 66.1 cm³/mol. The number of anilines is 1. The smallest absolute Gasteiger partial charge is 0.256 e. The maximum Gasteiger partial charge on any atom is 0.256 e. The molecular formula is C12H19N3O. The van der Waals surface area contributed by atoms with Crippen LogP contribution in [0, 0.1) is 13.8 Å². The number of likely N-dealkylation sites (N-methyl/N-ethyl adjacent to an activating group) is 1. The summed E-state index contributed by atoms with van der Waals surface area (Å²) in [6.07, 6.45) is 0. The van der Waals surface area contributed by atoms with Gasteiger partial charge in [-0.15, -0.1) is 0 Å². The van der Waals surface area contributed by atoms with Crippen LogP contribution in [0.3, 0.4) is 0 Å². The van der Waals surface area contributed by atoms with Crippen LogP contribution in [0.25, 0.3) is 0 Å². The highest BCUT2D eigenvalue weighted by Gasteiger charge is 2.17. The lowest BCUT2D eigenvalue weighted by Gasteiger charge is -2.26. The summed E-state index contributed by atoms with van der Waals surface area (Å²) in [6.45, 7) is 5.90. The molecule has 0 bridgehead atoms. The van der Waals surface area contributed by atoms with Crippen LogP contribution in [0.5, 0.6) is 0 Å². The first-order valence-corrected chi connectivity index (χ1v) is 5.27. The Morgan fingerprint density at radius 2 is 1.81 bits per heavy atom. The molecule has 0 radical (unpaired) electrons. The van der Waals surface area contributed by atoms with Crippen molar-refractivity contribution in [1.29, 1.82) is 0 Å². The molecule has 1 aromatic carbocycles. The molecule has 4 heteroatoms. The van der Waals surface area contributed by atoms with Crippen molar-refractivity contribution < 1.29 is 4.79 Å². The first kappa shape index (κ1) is 12.5. The Hall–Kier alpha value is -1.55. The molecule has 0 aliphatic heterocycles. The molecular weight excluding hydrogens is 202 g/mol. The number of carbonyl (C=O) groups excluding carboxylic acids is 1. The average Bonchev–Trinajstić information content (AvgIpc) is 2.24. The van der Waals surface area contributed by atoms with Crippen LogP contribution in [0.4, 0.5) is 5.69 Å².